The molecular weight excluding hydrogens is 184 g/mol. The highest BCUT2D eigenvalue weighted by atomic mass is 15.1. The van der Waals surface area contributed by atoms with Crippen molar-refractivity contribution in [1.29, 1.82) is 5.26 Å². The first-order chi connectivity index (χ1) is 7.40. The summed E-state index contributed by atoms with van der Waals surface area (Å²) in [6, 6.07) is 10.6. The fraction of sp³-hybridized carbons (Fsp3) is 0.462. The maximum Gasteiger partial charge on any atom is 0.0669 e. The second-order valence-electron chi connectivity index (χ2n) is 4.05. The van der Waals surface area contributed by atoms with E-state index in [9.17, 15) is 0 Å². The van der Waals surface area contributed by atoms with Gasteiger partial charge >= 0.3 is 0 Å². The summed E-state index contributed by atoms with van der Waals surface area (Å²) in [6.07, 6.45) is 4.49. The van der Waals surface area contributed by atoms with Gasteiger partial charge in [0.25, 0.3) is 0 Å². The van der Waals surface area contributed by atoms with Gasteiger partial charge in [-0.15, -0.1) is 0 Å². The molecule has 0 spiro atoms. The average molecular weight is 200 g/mol. The molecule has 0 atom stereocenters. The zero-order chi connectivity index (χ0) is 10.5. The quantitative estimate of drug-likeness (QED) is 0.734. The summed E-state index contributed by atoms with van der Waals surface area (Å²) in [7, 11) is 0. The summed E-state index contributed by atoms with van der Waals surface area (Å²) in [5, 5.41) is 8.58. The lowest BCUT2D eigenvalue weighted by atomic mass is 10.1. The first-order valence-electron chi connectivity index (χ1n) is 5.61. The van der Waals surface area contributed by atoms with Crippen LogP contribution in [0, 0.1) is 11.3 Å². The first kappa shape index (κ1) is 10.0. The molecule has 1 aliphatic rings. The number of benzene rings is 1. The summed E-state index contributed by atoms with van der Waals surface area (Å²) in [5.41, 5.74) is 2.41. The van der Waals surface area contributed by atoms with Crippen molar-refractivity contribution in [2.24, 2.45) is 0 Å². The Kier molecular flexibility index (Phi) is 3.24. The van der Waals surface area contributed by atoms with Crippen LogP contribution < -0.4 is 4.90 Å². The van der Waals surface area contributed by atoms with Gasteiger partial charge in [-0.3, -0.25) is 0 Å². The van der Waals surface area contributed by atoms with Gasteiger partial charge in [-0.2, -0.15) is 5.26 Å². The normalized spacial score (nSPS) is 16.1. The fourth-order valence-corrected chi connectivity index (χ4v) is 2.07. The SMILES string of the molecule is N#CCc1ccc(N2CCCCC2)cc1. The minimum absolute atomic E-state index is 0.514. The van der Waals surface area contributed by atoms with Gasteiger partial charge in [0.2, 0.25) is 0 Å². The third-order valence-electron chi connectivity index (χ3n) is 2.94. The Labute approximate surface area is 91.1 Å². The van der Waals surface area contributed by atoms with Gasteiger partial charge in [0.05, 0.1) is 12.5 Å². The Balaban J connectivity index is 2.05. The van der Waals surface area contributed by atoms with E-state index in [1.165, 1.54) is 38.0 Å². The lowest BCUT2D eigenvalue weighted by molar-refractivity contribution is 0.578. The summed E-state index contributed by atoms with van der Waals surface area (Å²) < 4.78 is 0. The number of piperidine rings is 1. The number of anilines is 1. The van der Waals surface area contributed by atoms with E-state index in [2.05, 4.69) is 35.2 Å². The van der Waals surface area contributed by atoms with Crippen molar-refractivity contribution < 1.29 is 0 Å². The molecule has 0 bridgehead atoms. The summed E-state index contributed by atoms with van der Waals surface area (Å²) in [4.78, 5) is 2.43. The molecule has 0 radical (unpaired) electrons. The van der Waals surface area contributed by atoms with E-state index >= 15 is 0 Å². The first-order valence-corrected chi connectivity index (χ1v) is 5.61. The van der Waals surface area contributed by atoms with Crippen LogP contribution in [0.1, 0.15) is 24.8 Å². The van der Waals surface area contributed by atoms with Crippen molar-refractivity contribution in [1.82, 2.24) is 0 Å². The maximum atomic E-state index is 8.58. The van der Waals surface area contributed by atoms with Crippen LogP contribution in [-0.2, 0) is 6.42 Å². The molecule has 2 heteroatoms. The predicted molar refractivity (Wildman–Crippen MR) is 61.8 cm³/mol. The smallest absolute Gasteiger partial charge is 0.0669 e. The predicted octanol–water partition coefficient (Wildman–Crippen LogP) is 2.74. The van der Waals surface area contributed by atoms with Gasteiger partial charge in [0.1, 0.15) is 0 Å². The van der Waals surface area contributed by atoms with E-state index < -0.39 is 0 Å². The van der Waals surface area contributed by atoms with E-state index in [1.807, 2.05) is 0 Å². The van der Waals surface area contributed by atoms with Gasteiger partial charge in [0.15, 0.2) is 0 Å². The lowest BCUT2D eigenvalue weighted by Crippen LogP contribution is -2.29. The Morgan fingerprint density at radius 1 is 1.07 bits per heavy atom. The van der Waals surface area contributed by atoms with E-state index in [4.69, 9.17) is 5.26 Å². The van der Waals surface area contributed by atoms with E-state index in [-0.39, 0.29) is 0 Å². The van der Waals surface area contributed by atoms with Gasteiger partial charge in [-0.25, -0.2) is 0 Å². The topological polar surface area (TPSA) is 27.0 Å². The standard InChI is InChI=1S/C13H16N2/c14-9-8-12-4-6-13(7-5-12)15-10-2-1-3-11-15/h4-7H,1-3,8,10-11H2. The molecule has 0 amide bonds. The van der Waals surface area contributed by atoms with Crippen LogP contribution in [0.3, 0.4) is 0 Å². The molecule has 2 rings (SSSR count). The second-order valence-corrected chi connectivity index (χ2v) is 4.05. The molecular formula is C13H16N2. The van der Waals surface area contributed by atoms with Crippen LogP contribution in [0.25, 0.3) is 0 Å². The largest absolute Gasteiger partial charge is 0.372 e. The maximum absolute atomic E-state index is 8.58. The monoisotopic (exact) mass is 200 g/mol. The molecule has 2 nitrogen and oxygen atoms in total. The van der Waals surface area contributed by atoms with Crippen molar-refractivity contribution in [2.45, 2.75) is 25.7 Å². The second kappa shape index (κ2) is 4.84. The molecule has 0 unspecified atom stereocenters. The Hall–Kier alpha value is -1.49. The molecule has 1 aromatic rings. The highest BCUT2D eigenvalue weighted by Gasteiger charge is 2.10. The highest BCUT2D eigenvalue weighted by Crippen LogP contribution is 2.20. The van der Waals surface area contributed by atoms with Crippen LogP contribution in [0.4, 0.5) is 5.69 Å². The number of hydrogen-bond donors (Lipinski definition) is 0. The minimum atomic E-state index is 0.514. The van der Waals surface area contributed by atoms with Gasteiger partial charge in [0, 0.05) is 18.8 Å². The molecule has 0 aromatic heterocycles. The van der Waals surface area contributed by atoms with Crippen LogP contribution in [0.2, 0.25) is 0 Å². The summed E-state index contributed by atoms with van der Waals surface area (Å²) in [6.45, 7) is 2.36. The van der Waals surface area contributed by atoms with Gasteiger partial charge in [-0.05, 0) is 37.0 Å². The third-order valence-corrected chi connectivity index (χ3v) is 2.94. The molecule has 78 valence electrons. The number of nitriles is 1. The molecule has 0 N–H and O–H groups in total. The Morgan fingerprint density at radius 2 is 1.73 bits per heavy atom. The Morgan fingerprint density at radius 3 is 2.33 bits per heavy atom. The molecule has 0 saturated carbocycles. The summed E-state index contributed by atoms with van der Waals surface area (Å²) in [5.74, 6) is 0. The van der Waals surface area contributed by atoms with E-state index in [1.54, 1.807) is 0 Å². The molecule has 1 saturated heterocycles. The molecule has 1 aromatic carbocycles. The van der Waals surface area contributed by atoms with Crippen molar-refractivity contribution >= 4 is 5.69 Å². The highest BCUT2D eigenvalue weighted by molar-refractivity contribution is 5.48. The van der Waals surface area contributed by atoms with Crippen molar-refractivity contribution in [3.05, 3.63) is 29.8 Å². The zero-order valence-electron chi connectivity index (χ0n) is 8.95. The van der Waals surface area contributed by atoms with Crippen molar-refractivity contribution in [2.75, 3.05) is 18.0 Å². The molecule has 1 heterocycles. The molecule has 1 aliphatic heterocycles. The van der Waals surface area contributed by atoms with E-state index in [0.29, 0.717) is 6.42 Å². The number of hydrogen-bond acceptors (Lipinski definition) is 2. The lowest BCUT2D eigenvalue weighted by Gasteiger charge is -2.28. The third kappa shape index (κ3) is 2.50. The van der Waals surface area contributed by atoms with Gasteiger partial charge < -0.3 is 4.90 Å². The van der Waals surface area contributed by atoms with Crippen molar-refractivity contribution in [3.63, 3.8) is 0 Å². The average Bonchev–Trinajstić information content (AvgIpc) is 2.32. The summed E-state index contributed by atoms with van der Waals surface area (Å²) >= 11 is 0. The number of nitrogens with zero attached hydrogens (tertiary/aromatic N) is 2. The zero-order valence-corrected chi connectivity index (χ0v) is 8.95. The van der Waals surface area contributed by atoms with Crippen LogP contribution >= 0.6 is 0 Å². The van der Waals surface area contributed by atoms with Crippen molar-refractivity contribution in [3.8, 4) is 6.07 Å². The van der Waals surface area contributed by atoms with E-state index in [0.717, 1.165) is 5.56 Å². The van der Waals surface area contributed by atoms with Crippen LogP contribution in [0.15, 0.2) is 24.3 Å². The number of rotatable bonds is 2. The van der Waals surface area contributed by atoms with Crippen LogP contribution in [-0.4, -0.2) is 13.1 Å². The van der Waals surface area contributed by atoms with Gasteiger partial charge in [-0.1, -0.05) is 12.1 Å². The molecule has 0 aliphatic carbocycles. The van der Waals surface area contributed by atoms with Crippen LogP contribution in [0.5, 0.6) is 0 Å². The Bertz CT molecular complexity index is 342. The molecule has 15 heavy (non-hydrogen) atoms. The fourth-order valence-electron chi connectivity index (χ4n) is 2.07. The molecule has 1 fully saturated rings. The minimum Gasteiger partial charge on any atom is -0.372 e.